The predicted molar refractivity (Wildman–Crippen MR) is 116 cm³/mol. The first kappa shape index (κ1) is 21.5. The van der Waals surface area contributed by atoms with Gasteiger partial charge in [-0.1, -0.05) is 23.7 Å². The van der Waals surface area contributed by atoms with Crippen LogP contribution in [0.1, 0.15) is 33.8 Å². The second kappa shape index (κ2) is 8.77. The highest BCUT2D eigenvalue weighted by molar-refractivity contribution is 6.33. The molecule has 2 N–H and O–H groups in total. The second-order valence-corrected chi connectivity index (χ2v) is 8.25. The number of aromatic nitrogens is 2. The maximum atomic E-state index is 13.8. The third kappa shape index (κ3) is 4.34. The average Bonchev–Trinajstić information content (AvgIpc) is 3.08. The van der Waals surface area contributed by atoms with Crippen LogP contribution in [0.3, 0.4) is 0 Å². The Labute approximate surface area is 184 Å². The van der Waals surface area contributed by atoms with Gasteiger partial charge in [0.05, 0.1) is 16.9 Å². The van der Waals surface area contributed by atoms with Crippen molar-refractivity contribution < 1.29 is 13.6 Å². The number of piperidine rings is 1. The third-order valence-corrected chi connectivity index (χ3v) is 6.08. The molecule has 0 spiro atoms. The molecule has 0 aliphatic carbocycles. The van der Waals surface area contributed by atoms with Gasteiger partial charge in [-0.25, -0.2) is 8.78 Å². The van der Waals surface area contributed by atoms with Crippen LogP contribution in [0.2, 0.25) is 5.02 Å². The van der Waals surface area contributed by atoms with Crippen molar-refractivity contribution in [1.29, 1.82) is 0 Å². The summed E-state index contributed by atoms with van der Waals surface area (Å²) < 4.78 is 28.8. The number of carbonyl (C=O) groups excluding carboxylic acids is 1. The number of halogens is 3. The zero-order valence-electron chi connectivity index (χ0n) is 17.3. The lowest BCUT2D eigenvalue weighted by Gasteiger charge is -2.33. The standard InChI is InChI=1S/C23H23ClF2N4O/c1-13-9-15(3-5-16(13)22-18(24)11-28-30(22)2)23(31)29-21-12-27-8-7-17(21)14-4-6-19(25)20(26)10-14/h3-6,9-11,17,21,27H,7-8,12H2,1-2H3,(H,29,31)/t17-,21+/m0/s1. The lowest BCUT2D eigenvalue weighted by molar-refractivity contribution is 0.0924. The average molecular weight is 445 g/mol. The van der Waals surface area contributed by atoms with Gasteiger partial charge in [-0.3, -0.25) is 9.48 Å². The molecule has 1 aliphatic rings. The smallest absolute Gasteiger partial charge is 0.251 e. The summed E-state index contributed by atoms with van der Waals surface area (Å²) in [6, 6.07) is 9.14. The molecule has 0 radical (unpaired) electrons. The van der Waals surface area contributed by atoms with Crippen LogP contribution in [-0.2, 0) is 7.05 Å². The highest BCUT2D eigenvalue weighted by atomic mass is 35.5. The molecule has 8 heteroatoms. The van der Waals surface area contributed by atoms with E-state index in [0.717, 1.165) is 29.4 Å². The van der Waals surface area contributed by atoms with Gasteiger partial charge in [0.15, 0.2) is 11.6 Å². The van der Waals surface area contributed by atoms with E-state index in [-0.39, 0.29) is 17.9 Å². The van der Waals surface area contributed by atoms with E-state index in [2.05, 4.69) is 15.7 Å². The summed E-state index contributed by atoms with van der Waals surface area (Å²) in [7, 11) is 1.82. The number of benzene rings is 2. The maximum Gasteiger partial charge on any atom is 0.251 e. The Hall–Kier alpha value is -2.77. The number of amides is 1. The van der Waals surface area contributed by atoms with Gasteiger partial charge in [0.1, 0.15) is 0 Å². The van der Waals surface area contributed by atoms with Gasteiger partial charge in [-0.15, -0.1) is 0 Å². The van der Waals surface area contributed by atoms with Crippen LogP contribution in [0.4, 0.5) is 8.78 Å². The van der Waals surface area contributed by atoms with E-state index in [1.54, 1.807) is 23.0 Å². The second-order valence-electron chi connectivity index (χ2n) is 7.85. The van der Waals surface area contributed by atoms with Crippen molar-refractivity contribution in [3.63, 3.8) is 0 Å². The molecule has 1 amide bonds. The Kier molecular flexibility index (Phi) is 6.07. The van der Waals surface area contributed by atoms with Crippen LogP contribution in [0.15, 0.2) is 42.6 Å². The molecule has 1 aliphatic heterocycles. The largest absolute Gasteiger partial charge is 0.347 e. The molecule has 0 saturated carbocycles. The summed E-state index contributed by atoms with van der Waals surface area (Å²) in [5.74, 6) is -2.07. The normalized spacial score (nSPS) is 18.7. The Balaban J connectivity index is 1.55. The van der Waals surface area contributed by atoms with Crippen molar-refractivity contribution in [2.24, 2.45) is 7.05 Å². The first-order chi connectivity index (χ1) is 14.8. The number of aryl methyl sites for hydroxylation is 2. The summed E-state index contributed by atoms with van der Waals surface area (Å²) in [6.07, 6.45) is 2.30. The minimum atomic E-state index is -0.874. The summed E-state index contributed by atoms with van der Waals surface area (Å²) in [4.78, 5) is 13.0. The zero-order chi connectivity index (χ0) is 22.1. The molecule has 1 saturated heterocycles. The van der Waals surface area contributed by atoms with E-state index >= 15 is 0 Å². The lowest BCUT2D eigenvalue weighted by atomic mass is 9.85. The van der Waals surface area contributed by atoms with Gasteiger partial charge >= 0.3 is 0 Å². The van der Waals surface area contributed by atoms with Crippen LogP contribution in [0, 0.1) is 18.6 Å². The minimum absolute atomic E-state index is 0.103. The fraction of sp³-hybridized carbons (Fsp3) is 0.304. The summed E-state index contributed by atoms with van der Waals surface area (Å²) in [5, 5.41) is 11.0. The molecule has 162 valence electrons. The molecule has 2 atom stereocenters. The molecule has 2 aromatic carbocycles. The van der Waals surface area contributed by atoms with Crippen LogP contribution >= 0.6 is 11.6 Å². The van der Waals surface area contributed by atoms with Gasteiger partial charge in [-0.05, 0) is 55.3 Å². The van der Waals surface area contributed by atoms with Crippen molar-refractivity contribution in [3.8, 4) is 11.3 Å². The fourth-order valence-corrected chi connectivity index (χ4v) is 4.46. The van der Waals surface area contributed by atoms with Crippen molar-refractivity contribution in [3.05, 3.63) is 75.9 Å². The predicted octanol–water partition coefficient (Wildman–Crippen LogP) is 4.20. The molecule has 31 heavy (non-hydrogen) atoms. The highest BCUT2D eigenvalue weighted by Gasteiger charge is 2.29. The van der Waals surface area contributed by atoms with E-state index < -0.39 is 11.6 Å². The van der Waals surface area contributed by atoms with Gasteiger partial charge in [-0.2, -0.15) is 5.10 Å². The fourth-order valence-electron chi connectivity index (χ4n) is 4.19. The molecular weight excluding hydrogens is 422 g/mol. The van der Waals surface area contributed by atoms with E-state index in [9.17, 15) is 13.6 Å². The Morgan fingerprint density at radius 3 is 2.71 bits per heavy atom. The summed E-state index contributed by atoms with van der Waals surface area (Å²) >= 11 is 6.26. The highest BCUT2D eigenvalue weighted by Crippen LogP contribution is 2.31. The van der Waals surface area contributed by atoms with Gasteiger partial charge < -0.3 is 10.6 Å². The molecule has 4 rings (SSSR count). The number of carbonyl (C=O) groups is 1. The molecule has 1 fully saturated rings. The summed E-state index contributed by atoms with van der Waals surface area (Å²) in [5.41, 5.74) is 3.80. The van der Waals surface area contributed by atoms with E-state index in [1.165, 1.54) is 6.07 Å². The Morgan fingerprint density at radius 2 is 2.03 bits per heavy atom. The van der Waals surface area contributed by atoms with Crippen molar-refractivity contribution in [2.75, 3.05) is 13.1 Å². The first-order valence-corrected chi connectivity index (χ1v) is 10.5. The molecule has 0 unspecified atom stereocenters. The van der Waals surface area contributed by atoms with Crippen LogP contribution < -0.4 is 10.6 Å². The molecular formula is C23H23ClF2N4O. The number of hydrogen-bond acceptors (Lipinski definition) is 3. The number of hydrogen-bond donors (Lipinski definition) is 2. The molecule has 5 nitrogen and oxygen atoms in total. The van der Waals surface area contributed by atoms with Crippen molar-refractivity contribution in [2.45, 2.75) is 25.3 Å². The number of rotatable bonds is 4. The maximum absolute atomic E-state index is 13.8. The number of nitrogens with zero attached hydrogens (tertiary/aromatic N) is 2. The van der Waals surface area contributed by atoms with E-state index in [1.807, 2.05) is 26.1 Å². The van der Waals surface area contributed by atoms with Gasteiger partial charge in [0.25, 0.3) is 5.91 Å². The Bertz CT molecular complexity index is 1110. The third-order valence-electron chi connectivity index (χ3n) is 5.81. The van der Waals surface area contributed by atoms with E-state index in [0.29, 0.717) is 29.1 Å². The molecule has 3 aromatic rings. The zero-order valence-corrected chi connectivity index (χ0v) is 18.0. The molecule has 1 aromatic heterocycles. The van der Waals surface area contributed by atoms with Crippen LogP contribution in [0.25, 0.3) is 11.3 Å². The lowest BCUT2D eigenvalue weighted by Crippen LogP contribution is -2.50. The number of nitrogens with one attached hydrogen (secondary N) is 2. The first-order valence-electron chi connectivity index (χ1n) is 10.1. The van der Waals surface area contributed by atoms with Gasteiger partial charge in [0.2, 0.25) is 0 Å². The van der Waals surface area contributed by atoms with Crippen molar-refractivity contribution >= 4 is 17.5 Å². The van der Waals surface area contributed by atoms with Crippen LogP contribution in [-0.4, -0.2) is 34.8 Å². The van der Waals surface area contributed by atoms with Crippen LogP contribution in [0.5, 0.6) is 0 Å². The molecule has 0 bridgehead atoms. The topological polar surface area (TPSA) is 59.0 Å². The van der Waals surface area contributed by atoms with E-state index in [4.69, 9.17) is 11.6 Å². The quantitative estimate of drug-likeness (QED) is 0.634. The summed E-state index contributed by atoms with van der Waals surface area (Å²) in [6.45, 7) is 3.22. The SMILES string of the molecule is Cc1cc(C(=O)N[C@@H]2CNCC[C@H]2c2ccc(F)c(F)c2)ccc1-c1c(Cl)cnn1C. The van der Waals surface area contributed by atoms with Crippen molar-refractivity contribution in [1.82, 2.24) is 20.4 Å². The van der Waals surface area contributed by atoms with Gasteiger partial charge in [0, 0.05) is 36.7 Å². The minimum Gasteiger partial charge on any atom is -0.347 e. The Morgan fingerprint density at radius 1 is 1.23 bits per heavy atom. The molecule has 2 heterocycles. The monoisotopic (exact) mass is 444 g/mol.